The third-order valence-corrected chi connectivity index (χ3v) is 5.84. The Kier molecular flexibility index (Phi) is 4.41. The summed E-state index contributed by atoms with van der Waals surface area (Å²) in [6.07, 6.45) is 0. The highest BCUT2D eigenvalue weighted by Crippen LogP contribution is 2.14. The Morgan fingerprint density at radius 2 is 1.87 bits per heavy atom. The first-order valence-corrected chi connectivity index (χ1v) is 9.50. The largest absolute Gasteiger partial charge is 0.388 e. The lowest BCUT2D eigenvalue weighted by Crippen LogP contribution is -2.24. The molecule has 0 amide bonds. The van der Waals surface area contributed by atoms with Crippen LogP contribution in [-0.4, -0.2) is 19.4 Å². The summed E-state index contributed by atoms with van der Waals surface area (Å²) in [5.74, 6) is -0.251. The molecule has 0 saturated carbocycles. The Bertz CT molecular complexity index is 319. The number of hydrogen-bond donors (Lipinski definition) is 0. The molecule has 0 aliphatic rings. The van der Waals surface area contributed by atoms with E-state index in [9.17, 15) is 4.79 Å². The van der Waals surface area contributed by atoms with Crippen LogP contribution in [0.15, 0.2) is 30.3 Å². The zero-order valence-electron chi connectivity index (χ0n) is 9.32. The summed E-state index contributed by atoms with van der Waals surface area (Å²) in [4.78, 5) is 11.5. The van der Waals surface area contributed by atoms with E-state index in [1.807, 2.05) is 18.2 Å². The van der Waals surface area contributed by atoms with Gasteiger partial charge in [0, 0.05) is 5.38 Å². The number of hydrogen-bond acceptors (Lipinski definition) is 3. The smallest absolute Gasteiger partial charge is 0.350 e. The summed E-state index contributed by atoms with van der Waals surface area (Å²) < 4.78 is 5.12. The second-order valence-corrected chi connectivity index (χ2v) is 11.2. The monoisotopic (exact) mass is 240 g/mol. The third kappa shape index (κ3) is 5.04. The molecule has 2 nitrogen and oxygen atoms in total. The van der Waals surface area contributed by atoms with Crippen molar-refractivity contribution in [1.82, 2.24) is 0 Å². The highest BCUT2D eigenvalue weighted by molar-refractivity contribution is 7.96. The SMILES string of the molecule is C[Si](C)(C)CSOC(=O)c1ccccc1. The molecule has 0 radical (unpaired) electrons. The van der Waals surface area contributed by atoms with Crippen molar-refractivity contribution in [3.63, 3.8) is 0 Å². The van der Waals surface area contributed by atoms with Gasteiger partial charge in [0.25, 0.3) is 0 Å². The summed E-state index contributed by atoms with van der Waals surface area (Å²) in [6, 6.07) is 9.07. The number of rotatable bonds is 4. The van der Waals surface area contributed by atoms with Crippen molar-refractivity contribution < 1.29 is 8.98 Å². The standard InChI is InChI=1S/C11H16O2SSi/c1-15(2,3)9-14-13-11(12)10-7-5-4-6-8-10/h4-8H,9H2,1-3H3. The fraction of sp³-hybridized carbons (Fsp3) is 0.364. The van der Waals surface area contributed by atoms with Gasteiger partial charge in [0.05, 0.1) is 25.7 Å². The Labute approximate surface area is 96.2 Å². The summed E-state index contributed by atoms with van der Waals surface area (Å²) in [6.45, 7) is 6.74. The van der Waals surface area contributed by atoms with Crippen molar-refractivity contribution in [2.75, 3.05) is 5.38 Å². The van der Waals surface area contributed by atoms with Gasteiger partial charge in [-0.25, -0.2) is 4.79 Å². The second-order valence-electron chi connectivity index (χ2n) is 4.56. The van der Waals surface area contributed by atoms with Gasteiger partial charge in [-0.05, 0) is 12.1 Å². The molecule has 4 heteroatoms. The molecule has 0 atom stereocenters. The van der Waals surface area contributed by atoms with Gasteiger partial charge in [-0.15, -0.1) is 0 Å². The van der Waals surface area contributed by atoms with E-state index in [1.165, 1.54) is 12.0 Å². The molecular formula is C11H16O2SSi. The van der Waals surface area contributed by atoms with Crippen LogP contribution in [0.4, 0.5) is 0 Å². The zero-order valence-corrected chi connectivity index (χ0v) is 11.1. The van der Waals surface area contributed by atoms with Crippen LogP contribution in [0.2, 0.25) is 19.6 Å². The van der Waals surface area contributed by atoms with Crippen LogP contribution in [0, 0.1) is 0 Å². The van der Waals surface area contributed by atoms with Crippen LogP contribution in [0.25, 0.3) is 0 Å². The Morgan fingerprint density at radius 3 is 2.40 bits per heavy atom. The van der Waals surface area contributed by atoms with Crippen LogP contribution in [0.3, 0.4) is 0 Å². The van der Waals surface area contributed by atoms with Crippen molar-refractivity contribution >= 4 is 26.1 Å². The first kappa shape index (κ1) is 12.3. The predicted molar refractivity (Wildman–Crippen MR) is 67.7 cm³/mol. The van der Waals surface area contributed by atoms with E-state index < -0.39 is 8.07 Å². The number of carbonyl (C=O) groups excluding carboxylic acids is 1. The molecule has 82 valence electrons. The molecule has 1 aromatic carbocycles. The topological polar surface area (TPSA) is 26.3 Å². The van der Waals surface area contributed by atoms with Crippen LogP contribution in [-0.2, 0) is 4.18 Å². The van der Waals surface area contributed by atoms with Gasteiger partial charge in [0.15, 0.2) is 0 Å². The predicted octanol–water partition coefficient (Wildman–Crippen LogP) is 3.37. The maximum atomic E-state index is 11.5. The molecule has 0 aromatic heterocycles. The molecule has 1 rings (SSSR count). The number of benzene rings is 1. The van der Waals surface area contributed by atoms with E-state index in [0.717, 1.165) is 5.38 Å². The van der Waals surface area contributed by atoms with Crippen molar-refractivity contribution in [2.45, 2.75) is 19.6 Å². The molecule has 15 heavy (non-hydrogen) atoms. The molecule has 0 heterocycles. The Morgan fingerprint density at radius 1 is 1.27 bits per heavy atom. The lowest BCUT2D eigenvalue weighted by Gasteiger charge is -2.13. The molecule has 0 saturated heterocycles. The fourth-order valence-electron chi connectivity index (χ4n) is 0.882. The minimum Gasteiger partial charge on any atom is -0.388 e. The maximum Gasteiger partial charge on any atom is 0.350 e. The fourth-order valence-corrected chi connectivity index (χ4v) is 2.74. The first-order chi connectivity index (χ1) is 6.99. The van der Waals surface area contributed by atoms with E-state index in [1.54, 1.807) is 12.1 Å². The van der Waals surface area contributed by atoms with Crippen LogP contribution in [0.5, 0.6) is 0 Å². The van der Waals surface area contributed by atoms with E-state index in [-0.39, 0.29) is 5.97 Å². The van der Waals surface area contributed by atoms with Gasteiger partial charge in [-0.3, -0.25) is 0 Å². The molecule has 0 bridgehead atoms. The number of carbonyl (C=O) groups is 1. The van der Waals surface area contributed by atoms with E-state index >= 15 is 0 Å². The van der Waals surface area contributed by atoms with Crippen LogP contribution >= 0.6 is 12.0 Å². The zero-order chi connectivity index (χ0) is 11.3. The molecule has 0 unspecified atom stereocenters. The molecule has 0 N–H and O–H groups in total. The van der Waals surface area contributed by atoms with Gasteiger partial charge in [-0.1, -0.05) is 37.8 Å². The summed E-state index contributed by atoms with van der Waals surface area (Å²) in [7, 11) is -1.14. The summed E-state index contributed by atoms with van der Waals surface area (Å²) >= 11 is 1.28. The van der Waals surface area contributed by atoms with Crippen molar-refractivity contribution in [1.29, 1.82) is 0 Å². The first-order valence-electron chi connectivity index (χ1n) is 4.88. The Hall–Kier alpha value is -0.743. The van der Waals surface area contributed by atoms with Crippen molar-refractivity contribution in [3.8, 4) is 0 Å². The minimum atomic E-state index is -1.14. The van der Waals surface area contributed by atoms with Gasteiger partial charge >= 0.3 is 5.97 Å². The van der Waals surface area contributed by atoms with Crippen molar-refractivity contribution in [2.24, 2.45) is 0 Å². The van der Waals surface area contributed by atoms with E-state index in [2.05, 4.69) is 19.6 Å². The lowest BCUT2D eigenvalue weighted by molar-refractivity contribution is 0.0768. The summed E-state index contributed by atoms with van der Waals surface area (Å²) in [5.41, 5.74) is 0.612. The minimum absolute atomic E-state index is 0.251. The van der Waals surface area contributed by atoms with Gasteiger partial charge in [0.1, 0.15) is 0 Å². The van der Waals surface area contributed by atoms with Crippen LogP contribution in [0.1, 0.15) is 10.4 Å². The molecule has 0 fully saturated rings. The maximum absolute atomic E-state index is 11.5. The normalized spacial score (nSPS) is 11.1. The van der Waals surface area contributed by atoms with Gasteiger partial charge < -0.3 is 4.18 Å². The Balaban J connectivity index is 2.38. The quantitative estimate of drug-likeness (QED) is 0.596. The van der Waals surface area contributed by atoms with E-state index in [4.69, 9.17) is 4.18 Å². The van der Waals surface area contributed by atoms with Crippen molar-refractivity contribution in [3.05, 3.63) is 35.9 Å². The summed E-state index contributed by atoms with van der Waals surface area (Å²) in [5, 5.41) is 0.936. The average molecular weight is 240 g/mol. The third-order valence-electron chi connectivity index (χ3n) is 1.64. The average Bonchev–Trinajstić information content (AvgIpc) is 2.17. The highest BCUT2D eigenvalue weighted by atomic mass is 32.2. The molecule has 0 aliphatic carbocycles. The molecule has 0 aliphatic heterocycles. The van der Waals surface area contributed by atoms with Crippen LogP contribution < -0.4 is 0 Å². The second kappa shape index (κ2) is 5.37. The van der Waals surface area contributed by atoms with E-state index in [0.29, 0.717) is 5.56 Å². The lowest BCUT2D eigenvalue weighted by atomic mass is 10.2. The molecule has 1 aromatic rings. The molecular weight excluding hydrogens is 224 g/mol. The van der Waals surface area contributed by atoms with Gasteiger partial charge in [0.2, 0.25) is 0 Å². The van der Waals surface area contributed by atoms with Gasteiger partial charge in [-0.2, -0.15) is 0 Å². The molecule has 0 spiro atoms. The highest BCUT2D eigenvalue weighted by Gasteiger charge is 2.15.